The van der Waals surface area contributed by atoms with E-state index in [1.165, 1.54) is 0 Å². The zero-order chi connectivity index (χ0) is 31.9. The van der Waals surface area contributed by atoms with Gasteiger partial charge in [0, 0.05) is 50.4 Å². The van der Waals surface area contributed by atoms with Crippen molar-refractivity contribution in [3.63, 3.8) is 0 Å². The first kappa shape index (κ1) is 31.5. The zero-order valence-corrected chi connectivity index (χ0v) is 26.8. The number of rotatable bonds is 9. The van der Waals surface area contributed by atoms with E-state index in [9.17, 15) is 9.59 Å². The normalized spacial score (nSPS) is 18.6. The Hall–Kier alpha value is -4.46. The summed E-state index contributed by atoms with van der Waals surface area (Å²) in [7, 11) is 2.14. The molecule has 3 N–H and O–H groups in total. The van der Waals surface area contributed by atoms with Gasteiger partial charge >= 0.3 is 0 Å². The molecule has 1 saturated carbocycles. The van der Waals surface area contributed by atoms with Gasteiger partial charge in [0.05, 0.1) is 17.8 Å². The van der Waals surface area contributed by atoms with Crippen LogP contribution in [0.15, 0.2) is 103 Å². The minimum atomic E-state index is -0.123. The average molecular weight is 616 g/mol. The van der Waals surface area contributed by atoms with E-state index in [1.807, 2.05) is 60.7 Å². The number of piperazine rings is 1. The van der Waals surface area contributed by atoms with E-state index in [2.05, 4.69) is 69.5 Å². The summed E-state index contributed by atoms with van der Waals surface area (Å²) in [4.78, 5) is 33.8. The van der Waals surface area contributed by atoms with Crippen molar-refractivity contribution in [2.45, 2.75) is 50.7 Å². The van der Waals surface area contributed by atoms with Crippen LogP contribution in [-0.2, 0) is 17.8 Å². The van der Waals surface area contributed by atoms with Gasteiger partial charge in [0.15, 0.2) is 0 Å². The highest BCUT2D eigenvalue weighted by Crippen LogP contribution is 2.34. The molecule has 4 aromatic carbocycles. The van der Waals surface area contributed by atoms with Crippen molar-refractivity contribution in [2.75, 3.05) is 43.4 Å². The van der Waals surface area contributed by atoms with Crippen LogP contribution in [-0.4, -0.2) is 66.9 Å². The maximum Gasteiger partial charge on any atom is 0.255 e. The number of hydrogen-bond acceptors (Lipinski definition) is 5. The van der Waals surface area contributed by atoms with Gasteiger partial charge in [0.1, 0.15) is 0 Å². The molecule has 4 aromatic rings. The van der Waals surface area contributed by atoms with E-state index < -0.39 is 0 Å². The monoisotopic (exact) mass is 615 g/mol. The Labute approximate surface area is 273 Å². The second kappa shape index (κ2) is 14.8. The second-order valence-corrected chi connectivity index (χ2v) is 12.8. The van der Waals surface area contributed by atoms with Gasteiger partial charge in [0.25, 0.3) is 5.91 Å². The summed E-state index contributed by atoms with van der Waals surface area (Å²) in [6.45, 7) is 4.30. The Balaban J connectivity index is 1.27. The molecule has 238 valence electrons. The fourth-order valence-corrected chi connectivity index (χ4v) is 6.67. The Morgan fingerprint density at radius 2 is 1.41 bits per heavy atom. The Morgan fingerprint density at radius 1 is 0.761 bits per heavy atom. The SMILES string of the molecule is CN1CCN(c2ccc(-c3cccc(CN(C(=O)Cc4ccccc4)C4CCC(N)CC4)c3)cc2NC(=O)c2ccccc2)CC1. The van der Waals surface area contributed by atoms with Crippen LogP contribution in [0.2, 0.25) is 0 Å². The summed E-state index contributed by atoms with van der Waals surface area (Å²) >= 11 is 0. The maximum atomic E-state index is 13.8. The van der Waals surface area contributed by atoms with Gasteiger partial charge in [0.2, 0.25) is 5.91 Å². The summed E-state index contributed by atoms with van der Waals surface area (Å²) in [6, 6.07) is 34.6. The number of anilines is 2. The van der Waals surface area contributed by atoms with E-state index in [4.69, 9.17) is 5.73 Å². The summed E-state index contributed by atoms with van der Waals surface area (Å²) in [5.41, 5.74) is 12.9. The molecule has 2 amide bonds. The highest BCUT2D eigenvalue weighted by molar-refractivity contribution is 6.06. The third kappa shape index (κ3) is 7.84. The molecular formula is C39H45N5O2. The summed E-state index contributed by atoms with van der Waals surface area (Å²) in [5.74, 6) is 0.0289. The molecule has 0 aromatic heterocycles. The van der Waals surface area contributed by atoms with Gasteiger partial charge in [-0.05, 0) is 85.3 Å². The highest BCUT2D eigenvalue weighted by atomic mass is 16.2. The van der Waals surface area contributed by atoms with Gasteiger partial charge in [-0.15, -0.1) is 0 Å². The molecular weight excluding hydrogens is 570 g/mol. The van der Waals surface area contributed by atoms with Crippen molar-refractivity contribution in [3.05, 3.63) is 120 Å². The van der Waals surface area contributed by atoms with Crippen molar-refractivity contribution in [1.29, 1.82) is 0 Å². The van der Waals surface area contributed by atoms with Crippen molar-refractivity contribution in [3.8, 4) is 11.1 Å². The first-order valence-electron chi connectivity index (χ1n) is 16.5. The smallest absolute Gasteiger partial charge is 0.255 e. The molecule has 7 nitrogen and oxygen atoms in total. The van der Waals surface area contributed by atoms with Crippen LogP contribution < -0.4 is 16.0 Å². The molecule has 0 radical (unpaired) electrons. The molecule has 46 heavy (non-hydrogen) atoms. The van der Waals surface area contributed by atoms with Gasteiger partial charge in [-0.1, -0.05) is 72.8 Å². The number of benzene rings is 4. The molecule has 0 spiro atoms. The van der Waals surface area contributed by atoms with Crippen LogP contribution in [0, 0.1) is 0 Å². The fourth-order valence-electron chi connectivity index (χ4n) is 6.67. The topological polar surface area (TPSA) is 81.9 Å². The Morgan fingerprint density at radius 3 is 2.13 bits per heavy atom. The molecule has 1 aliphatic carbocycles. The minimum absolute atomic E-state index is 0.123. The first-order valence-corrected chi connectivity index (χ1v) is 16.5. The summed E-state index contributed by atoms with van der Waals surface area (Å²) in [6.07, 6.45) is 4.13. The molecule has 6 rings (SSSR count). The number of likely N-dealkylation sites (N-methyl/N-ethyl adjacent to an activating group) is 1. The zero-order valence-electron chi connectivity index (χ0n) is 26.8. The molecule has 1 aliphatic heterocycles. The lowest BCUT2D eigenvalue weighted by atomic mass is 9.90. The van der Waals surface area contributed by atoms with Crippen molar-refractivity contribution < 1.29 is 9.59 Å². The van der Waals surface area contributed by atoms with Crippen LogP contribution in [0.3, 0.4) is 0 Å². The highest BCUT2D eigenvalue weighted by Gasteiger charge is 2.28. The lowest BCUT2D eigenvalue weighted by molar-refractivity contribution is -0.134. The van der Waals surface area contributed by atoms with Crippen LogP contribution in [0.5, 0.6) is 0 Å². The largest absolute Gasteiger partial charge is 0.367 e. The van der Waals surface area contributed by atoms with Crippen LogP contribution >= 0.6 is 0 Å². The van der Waals surface area contributed by atoms with Crippen molar-refractivity contribution >= 4 is 23.2 Å². The summed E-state index contributed by atoms with van der Waals surface area (Å²) in [5, 5.41) is 3.22. The van der Waals surface area contributed by atoms with Gasteiger partial charge in [-0.2, -0.15) is 0 Å². The Kier molecular flexibility index (Phi) is 10.1. The van der Waals surface area contributed by atoms with Gasteiger partial charge < -0.3 is 25.8 Å². The van der Waals surface area contributed by atoms with E-state index in [0.717, 1.165) is 85.5 Å². The third-order valence-electron chi connectivity index (χ3n) is 9.44. The standard InChI is InChI=1S/C39H45N5O2/c1-42-21-23-43(24-22-42)37-20-15-33(27-36(37)41-39(46)31-12-6-3-7-13-31)32-14-8-11-30(25-32)28-44(35-18-16-34(40)17-19-35)38(45)26-29-9-4-2-5-10-29/h2-15,20,25,27,34-35H,16-19,21-24,26,28,40H2,1H3,(H,41,46). The van der Waals surface area contributed by atoms with Crippen molar-refractivity contribution in [1.82, 2.24) is 9.80 Å². The number of carbonyl (C=O) groups excluding carboxylic acids is 2. The van der Waals surface area contributed by atoms with E-state index in [0.29, 0.717) is 18.5 Å². The first-order chi connectivity index (χ1) is 22.4. The summed E-state index contributed by atoms with van der Waals surface area (Å²) < 4.78 is 0. The van der Waals surface area contributed by atoms with Crippen LogP contribution in [0.25, 0.3) is 11.1 Å². The maximum absolute atomic E-state index is 13.8. The third-order valence-corrected chi connectivity index (χ3v) is 9.44. The predicted octanol–water partition coefficient (Wildman–Crippen LogP) is 6.20. The molecule has 7 heteroatoms. The number of nitrogens with zero attached hydrogens (tertiary/aromatic N) is 3. The fraction of sp³-hybridized carbons (Fsp3) is 0.333. The van der Waals surface area contributed by atoms with Crippen molar-refractivity contribution in [2.24, 2.45) is 5.73 Å². The molecule has 0 bridgehead atoms. The predicted molar refractivity (Wildman–Crippen MR) is 187 cm³/mol. The van der Waals surface area contributed by atoms with Crippen LogP contribution in [0.4, 0.5) is 11.4 Å². The second-order valence-electron chi connectivity index (χ2n) is 12.8. The number of hydrogen-bond donors (Lipinski definition) is 2. The van der Waals surface area contributed by atoms with E-state index >= 15 is 0 Å². The molecule has 2 aliphatic rings. The number of nitrogens with one attached hydrogen (secondary N) is 1. The lowest BCUT2D eigenvalue weighted by Crippen LogP contribution is -2.44. The molecule has 0 atom stereocenters. The Bertz CT molecular complexity index is 1610. The van der Waals surface area contributed by atoms with E-state index in [1.54, 1.807) is 0 Å². The molecule has 1 heterocycles. The molecule has 2 fully saturated rings. The van der Waals surface area contributed by atoms with Gasteiger partial charge in [-0.25, -0.2) is 0 Å². The molecule has 1 saturated heterocycles. The van der Waals surface area contributed by atoms with Gasteiger partial charge in [-0.3, -0.25) is 9.59 Å². The van der Waals surface area contributed by atoms with Crippen LogP contribution in [0.1, 0.15) is 47.2 Å². The number of nitrogens with two attached hydrogens (primary N) is 1. The quantitative estimate of drug-likeness (QED) is 0.234. The number of amides is 2. The molecule has 0 unspecified atom stereocenters. The minimum Gasteiger partial charge on any atom is -0.367 e. The van der Waals surface area contributed by atoms with E-state index in [-0.39, 0.29) is 23.9 Å². The average Bonchev–Trinajstić information content (AvgIpc) is 3.09. The number of carbonyl (C=O) groups is 2. The lowest BCUT2D eigenvalue weighted by Gasteiger charge is -2.36.